The van der Waals surface area contributed by atoms with Gasteiger partial charge in [-0.15, -0.1) is 11.8 Å². The average Bonchev–Trinajstić information content (AvgIpc) is 1.96. The van der Waals surface area contributed by atoms with Gasteiger partial charge in [-0.1, -0.05) is 6.92 Å². The van der Waals surface area contributed by atoms with Crippen molar-refractivity contribution in [3.8, 4) is 0 Å². The second-order valence-corrected chi connectivity index (χ2v) is 3.62. The number of ether oxygens (including phenoxy) is 1. The maximum Gasteiger partial charge on any atom is 0.411 e. The topological polar surface area (TPSA) is 29.5 Å². The van der Waals surface area contributed by atoms with Crippen molar-refractivity contribution in [3.05, 3.63) is 0 Å². The van der Waals surface area contributed by atoms with Gasteiger partial charge in [0.1, 0.15) is 6.61 Å². The standard InChI is InChI=1S/C6H11F3O2S/c1-5(2-10)12-4-11-3-6(7,8)9/h5,10H,2-4H2,1H3. The van der Waals surface area contributed by atoms with E-state index in [1.165, 1.54) is 0 Å². The molecule has 74 valence electrons. The van der Waals surface area contributed by atoms with Crippen LogP contribution in [0.25, 0.3) is 0 Å². The SMILES string of the molecule is CC(CO)SCOCC(F)(F)F. The molecule has 2 nitrogen and oxygen atoms in total. The van der Waals surface area contributed by atoms with Crippen molar-refractivity contribution in [1.29, 1.82) is 0 Å². The van der Waals surface area contributed by atoms with Crippen LogP contribution in [0.5, 0.6) is 0 Å². The molecular weight excluding hydrogens is 193 g/mol. The summed E-state index contributed by atoms with van der Waals surface area (Å²) in [5, 5.41) is 8.41. The number of hydrogen-bond acceptors (Lipinski definition) is 3. The van der Waals surface area contributed by atoms with Gasteiger partial charge in [-0.25, -0.2) is 0 Å². The summed E-state index contributed by atoms with van der Waals surface area (Å²) in [6.45, 7) is 0.430. The molecule has 0 aromatic rings. The summed E-state index contributed by atoms with van der Waals surface area (Å²) in [6.07, 6.45) is -4.26. The molecule has 0 aromatic carbocycles. The fraction of sp³-hybridized carbons (Fsp3) is 1.00. The molecule has 6 heteroatoms. The average molecular weight is 204 g/mol. The number of alkyl halides is 3. The maximum atomic E-state index is 11.5. The first-order valence-corrected chi connectivity index (χ1v) is 4.37. The van der Waals surface area contributed by atoms with Crippen LogP contribution in [-0.2, 0) is 4.74 Å². The lowest BCUT2D eigenvalue weighted by molar-refractivity contribution is -0.168. The minimum atomic E-state index is -4.26. The van der Waals surface area contributed by atoms with Gasteiger partial charge in [0.25, 0.3) is 0 Å². The summed E-state index contributed by atoms with van der Waals surface area (Å²) in [5.74, 6) is -0.0404. The summed E-state index contributed by atoms with van der Waals surface area (Å²) < 4.78 is 38.7. The molecule has 0 saturated heterocycles. The summed E-state index contributed by atoms with van der Waals surface area (Å²) in [5.41, 5.74) is 0. The van der Waals surface area contributed by atoms with E-state index in [9.17, 15) is 13.2 Å². The van der Waals surface area contributed by atoms with E-state index in [0.29, 0.717) is 0 Å². The highest BCUT2D eigenvalue weighted by atomic mass is 32.2. The Labute approximate surface area is 73.1 Å². The van der Waals surface area contributed by atoms with Crippen molar-refractivity contribution in [3.63, 3.8) is 0 Å². The van der Waals surface area contributed by atoms with Crippen LogP contribution >= 0.6 is 11.8 Å². The molecule has 0 radical (unpaired) electrons. The smallest absolute Gasteiger partial charge is 0.395 e. The van der Waals surface area contributed by atoms with Crippen LogP contribution in [0.3, 0.4) is 0 Å². The zero-order valence-electron chi connectivity index (χ0n) is 6.60. The molecule has 0 spiro atoms. The highest BCUT2D eigenvalue weighted by Crippen LogP contribution is 2.16. The Bertz CT molecular complexity index is 118. The van der Waals surface area contributed by atoms with E-state index in [1.807, 2.05) is 0 Å². The van der Waals surface area contributed by atoms with Gasteiger partial charge in [-0.05, 0) is 0 Å². The first kappa shape index (κ1) is 12.1. The lowest BCUT2D eigenvalue weighted by Crippen LogP contribution is -2.17. The van der Waals surface area contributed by atoms with Crippen LogP contribution in [0.4, 0.5) is 13.2 Å². The van der Waals surface area contributed by atoms with Crippen molar-refractivity contribution >= 4 is 11.8 Å². The van der Waals surface area contributed by atoms with E-state index in [2.05, 4.69) is 4.74 Å². The molecule has 0 rings (SSSR count). The Morgan fingerprint density at radius 1 is 1.50 bits per heavy atom. The molecule has 0 bridgehead atoms. The van der Waals surface area contributed by atoms with Gasteiger partial charge in [0, 0.05) is 5.25 Å². The molecule has 0 saturated carbocycles. The van der Waals surface area contributed by atoms with Crippen LogP contribution in [-0.4, -0.2) is 35.7 Å². The number of thioether (sulfide) groups is 1. The third kappa shape index (κ3) is 8.16. The van der Waals surface area contributed by atoms with E-state index < -0.39 is 12.8 Å². The number of halogens is 3. The second kappa shape index (κ2) is 5.66. The van der Waals surface area contributed by atoms with E-state index in [4.69, 9.17) is 5.11 Å². The normalized spacial score (nSPS) is 14.8. The third-order valence-electron chi connectivity index (χ3n) is 0.959. The highest BCUT2D eigenvalue weighted by molar-refractivity contribution is 7.99. The quantitative estimate of drug-likeness (QED) is 0.545. The second-order valence-electron chi connectivity index (χ2n) is 2.24. The van der Waals surface area contributed by atoms with E-state index in [1.54, 1.807) is 6.92 Å². The lowest BCUT2D eigenvalue weighted by Gasteiger charge is -2.09. The molecule has 12 heavy (non-hydrogen) atoms. The molecule has 0 aliphatic rings. The highest BCUT2D eigenvalue weighted by Gasteiger charge is 2.27. The van der Waals surface area contributed by atoms with Crippen molar-refractivity contribution < 1.29 is 23.0 Å². The summed E-state index contributed by atoms with van der Waals surface area (Å²) in [6, 6.07) is 0. The van der Waals surface area contributed by atoms with Crippen molar-refractivity contribution in [2.24, 2.45) is 0 Å². The van der Waals surface area contributed by atoms with Gasteiger partial charge in [0.15, 0.2) is 0 Å². The largest absolute Gasteiger partial charge is 0.411 e. The van der Waals surface area contributed by atoms with E-state index >= 15 is 0 Å². The molecule has 0 aliphatic heterocycles. The first-order valence-electron chi connectivity index (χ1n) is 3.32. The van der Waals surface area contributed by atoms with Gasteiger partial charge >= 0.3 is 6.18 Å². The molecule has 0 heterocycles. The lowest BCUT2D eigenvalue weighted by atomic mass is 10.5. The van der Waals surface area contributed by atoms with Crippen LogP contribution in [0.15, 0.2) is 0 Å². The fourth-order valence-corrected chi connectivity index (χ4v) is 0.892. The minimum absolute atomic E-state index is 0.0404. The number of aliphatic hydroxyl groups excluding tert-OH is 1. The third-order valence-corrected chi connectivity index (χ3v) is 1.98. The summed E-state index contributed by atoms with van der Waals surface area (Å²) >= 11 is 1.14. The van der Waals surface area contributed by atoms with Crippen molar-refractivity contribution in [1.82, 2.24) is 0 Å². The minimum Gasteiger partial charge on any atom is -0.395 e. The van der Waals surface area contributed by atoms with Crippen LogP contribution in [0.1, 0.15) is 6.92 Å². The molecule has 0 aromatic heterocycles. The number of aliphatic hydroxyl groups is 1. The molecule has 0 amide bonds. The van der Waals surface area contributed by atoms with Crippen molar-refractivity contribution in [2.45, 2.75) is 18.3 Å². The molecule has 0 aliphatic carbocycles. The predicted molar refractivity (Wildman–Crippen MR) is 41.0 cm³/mol. The Balaban J connectivity index is 3.22. The Morgan fingerprint density at radius 2 is 2.08 bits per heavy atom. The zero-order valence-corrected chi connectivity index (χ0v) is 7.41. The van der Waals surface area contributed by atoms with Crippen LogP contribution in [0, 0.1) is 0 Å². The monoisotopic (exact) mass is 204 g/mol. The van der Waals surface area contributed by atoms with Gasteiger partial charge in [0.2, 0.25) is 0 Å². The molecular formula is C6H11F3O2S. The van der Waals surface area contributed by atoms with Crippen LogP contribution < -0.4 is 0 Å². The van der Waals surface area contributed by atoms with Gasteiger partial charge in [0.05, 0.1) is 12.5 Å². The number of rotatable bonds is 5. The van der Waals surface area contributed by atoms with Crippen molar-refractivity contribution in [2.75, 3.05) is 19.2 Å². The van der Waals surface area contributed by atoms with Crippen LogP contribution in [0.2, 0.25) is 0 Å². The molecule has 1 unspecified atom stereocenters. The predicted octanol–water partition coefficient (Wildman–Crippen LogP) is 1.64. The van der Waals surface area contributed by atoms with Gasteiger partial charge in [-0.3, -0.25) is 0 Å². The Hall–Kier alpha value is 0.0600. The van der Waals surface area contributed by atoms with E-state index in [-0.39, 0.29) is 17.8 Å². The van der Waals surface area contributed by atoms with E-state index in [0.717, 1.165) is 11.8 Å². The number of hydrogen-bond donors (Lipinski definition) is 1. The first-order chi connectivity index (χ1) is 5.45. The Kier molecular flexibility index (Phi) is 5.69. The molecule has 1 N–H and O–H groups in total. The fourth-order valence-electron chi connectivity index (χ4n) is 0.374. The Morgan fingerprint density at radius 3 is 2.50 bits per heavy atom. The maximum absolute atomic E-state index is 11.5. The molecule has 0 fully saturated rings. The summed E-state index contributed by atoms with van der Waals surface area (Å²) in [7, 11) is 0. The van der Waals surface area contributed by atoms with Gasteiger partial charge < -0.3 is 9.84 Å². The summed E-state index contributed by atoms with van der Waals surface area (Å²) in [4.78, 5) is 0. The van der Waals surface area contributed by atoms with Gasteiger partial charge in [-0.2, -0.15) is 13.2 Å². The zero-order chi connectivity index (χ0) is 9.61. The molecule has 1 atom stereocenters.